The molecule has 0 saturated carbocycles. The van der Waals surface area contributed by atoms with Crippen LogP contribution < -0.4 is 16.0 Å². The summed E-state index contributed by atoms with van der Waals surface area (Å²) < 4.78 is 0. The van der Waals surface area contributed by atoms with Crippen LogP contribution in [0.1, 0.15) is 46.6 Å². The van der Waals surface area contributed by atoms with Gasteiger partial charge in [-0.05, 0) is 49.6 Å². The second-order valence-electron chi connectivity index (χ2n) is 7.34. The van der Waals surface area contributed by atoms with E-state index in [0.717, 1.165) is 23.4 Å². The van der Waals surface area contributed by atoms with Crippen molar-refractivity contribution in [3.05, 3.63) is 70.7 Å². The van der Waals surface area contributed by atoms with E-state index in [1.54, 1.807) is 36.4 Å². The van der Waals surface area contributed by atoms with E-state index in [1.165, 1.54) is 18.3 Å². The molecule has 1 atom stereocenters. The highest BCUT2D eigenvalue weighted by atomic mass is 32.1. The molecule has 158 valence electrons. The Balaban J connectivity index is 1.48. The molecular formula is C23H22N4O3S. The highest BCUT2D eigenvalue weighted by Crippen LogP contribution is 2.37. The Labute approximate surface area is 183 Å². The molecule has 7 nitrogen and oxygen atoms in total. The number of benzene rings is 2. The van der Waals surface area contributed by atoms with Crippen LogP contribution in [0.5, 0.6) is 0 Å². The summed E-state index contributed by atoms with van der Waals surface area (Å²) in [6, 6.07) is 16.0. The van der Waals surface area contributed by atoms with Crippen LogP contribution in [0.25, 0.3) is 0 Å². The first kappa shape index (κ1) is 20.7. The van der Waals surface area contributed by atoms with Gasteiger partial charge in [0.25, 0.3) is 5.91 Å². The van der Waals surface area contributed by atoms with Gasteiger partial charge < -0.3 is 10.6 Å². The third-order valence-electron chi connectivity index (χ3n) is 4.98. The van der Waals surface area contributed by atoms with E-state index >= 15 is 0 Å². The Morgan fingerprint density at radius 2 is 1.71 bits per heavy atom. The topological polar surface area (TPSA) is 100 Å². The largest absolute Gasteiger partial charge is 0.326 e. The van der Waals surface area contributed by atoms with Gasteiger partial charge in [-0.2, -0.15) is 0 Å². The van der Waals surface area contributed by atoms with Crippen molar-refractivity contribution in [3.8, 4) is 0 Å². The molecule has 2 aromatic carbocycles. The van der Waals surface area contributed by atoms with Crippen molar-refractivity contribution in [1.29, 1.82) is 0 Å². The summed E-state index contributed by atoms with van der Waals surface area (Å²) in [5.41, 5.74) is 2.52. The van der Waals surface area contributed by atoms with E-state index in [2.05, 4.69) is 20.9 Å². The summed E-state index contributed by atoms with van der Waals surface area (Å²) in [4.78, 5) is 42.3. The van der Waals surface area contributed by atoms with Gasteiger partial charge >= 0.3 is 0 Å². The van der Waals surface area contributed by atoms with Crippen molar-refractivity contribution in [1.82, 2.24) is 4.98 Å². The predicted molar refractivity (Wildman–Crippen MR) is 122 cm³/mol. The van der Waals surface area contributed by atoms with Gasteiger partial charge in [0.1, 0.15) is 0 Å². The van der Waals surface area contributed by atoms with Crippen LogP contribution in [0, 0.1) is 0 Å². The van der Waals surface area contributed by atoms with Gasteiger partial charge in [0.15, 0.2) is 5.13 Å². The minimum atomic E-state index is -0.383. The molecule has 0 radical (unpaired) electrons. The highest BCUT2D eigenvalue weighted by molar-refractivity contribution is 7.16. The molecule has 1 aliphatic carbocycles. The van der Waals surface area contributed by atoms with Crippen molar-refractivity contribution >= 4 is 45.6 Å². The number of hydrogen-bond donors (Lipinski definition) is 3. The number of aromatic nitrogens is 1. The van der Waals surface area contributed by atoms with Crippen LogP contribution in [-0.4, -0.2) is 22.7 Å². The summed E-state index contributed by atoms with van der Waals surface area (Å²) in [6.45, 7) is 1.44. The van der Waals surface area contributed by atoms with E-state index in [9.17, 15) is 14.4 Å². The van der Waals surface area contributed by atoms with Crippen molar-refractivity contribution in [2.75, 3.05) is 16.0 Å². The normalized spacial score (nSPS) is 14.9. The number of aryl methyl sites for hydroxylation is 1. The summed E-state index contributed by atoms with van der Waals surface area (Å²) in [5.74, 6) is -0.922. The number of thiazole rings is 1. The number of anilines is 3. The average Bonchev–Trinajstić information content (AvgIpc) is 3.16. The van der Waals surface area contributed by atoms with Crippen molar-refractivity contribution in [3.63, 3.8) is 0 Å². The van der Waals surface area contributed by atoms with Gasteiger partial charge in [-0.1, -0.05) is 24.3 Å². The van der Waals surface area contributed by atoms with E-state index in [-0.39, 0.29) is 23.6 Å². The van der Waals surface area contributed by atoms with Crippen molar-refractivity contribution in [2.45, 2.75) is 32.1 Å². The van der Waals surface area contributed by atoms with Crippen LogP contribution in [-0.2, 0) is 16.0 Å². The third kappa shape index (κ3) is 4.97. The van der Waals surface area contributed by atoms with Crippen LogP contribution >= 0.6 is 11.3 Å². The molecule has 0 aliphatic heterocycles. The van der Waals surface area contributed by atoms with Gasteiger partial charge in [0.05, 0.1) is 11.6 Å². The lowest BCUT2D eigenvalue weighted by Crippen LogP contribution is -2.24. The molecule has 0 spiro atoms. The quantitative estimate of drug-likeness (QED) is 0.554. The Morgan fingerprint density at radius 3 is 2.45 bits per heavy atom. The minimum Gasteiger partial charge on any atom is -0.326 e. The summed E-state index contributed by atoms with van der Waals surface area (Å²) in [7, 11) is 0. The molecule has 31 heavy (non-hydrogen) atoms. The molecule has 8 heteroatoms. The Kier molecular flexibility index (Phi) is 6.08. The second-order valence-corrected chi connectivity index (χ2v) is 8.43. The molecule has 4 rings (SSSR count). The predicted octanol–water partition coefficient (Wildman–Crippen LogP) is 4.41. The average molecular weight is 435 g/mol. The lowest BCUT2D eigenvalue weighted by atomic mass is 9.90. The summed E-state index contributed by atoms with van der Waals surface area (Å²) >= 11 is 1.42. The Morgan fingerprint density at radius 1 is 0.968 bits per heavy atom. The molecule has 0 bridgehead atoms. The van der Waals surface area contributed by atoms with E-state index < -0.39 is 0 Å². The minimum absolute atomic E-state index is 0.146. The maximum atomic E-state index is 13.0. The first-order valence-electron chi connectivity index (χ1n) is 10.0. The fourth-order valence-electron chi connectivity index (χ4n) is 3.59. The zero-order valence-corrected chi connectivity index (χ0v) is 17.8. The van der Waals surface area contributed by atoms with Crippen LogP contribution in [0.2, 0.25) is 0 Å². The smallest absolute Gasteiger partial charge is 0.257 e. The maximum Gasteiger partial charge on any atom is 0.257 e. The van der Waals surface area contributed by atoms with Gasteiger partial charge in [0.2, 0.25) is 11.8 Å². The number of fused-ring (bicyclic) bond motifs is 1. The maximum absolute atomic E-state index is 13.0. The number of hydrogen-bond acceptors (Lipinski definition) is 5. The molecule has 1 heterocycles. The molecular weight excluding hydrogens is 412 g/mol. The van der Waals surface area contributed by atoms with Crippen molar-refractivity contribution < 1.29 is 14.4 Å². The van der Waals surface area contributed by atoms with Crippen LogP contribution in [0.15, 0.2) is 54.6 Å². The fourth-order valence-corrected chi connectivity index (χ4v) is 4.65. The monoisotopic (exact) mass is 434 g/mol. The summed E-state index contributed by atoms with van der Waals surface area (Å²) in [6.07, 6.45) is 2.42. The second kappa shape index (κ2) is 9.09. The molecule has 3 N–H and O–H groups in total. The first-order chi connectivity index (χ1) is 15.0. The molecule has 3 aromatic rings. The van der Waals surface area contributed by atoms with E-state index in [1.807, 2.05) is 18.2 Å². The zero-order chi connectivity index (χ0) is 21.8. The number of nitrogens with zero attached hydrogens (tertiary/aromatic N) is 1. The fraction of sp³-hybridized carbons (Fsp3) is 0.217. The number of amides is 3. The highest BCUT2D eigenvalue weighted by Gasteiger charge is 2.30. The number of nitrogens with one attached hydrogen (secondary N) is 3. The molecule has 1 aromatic heterocycles. The summed E-state index contributed by atoms with van der Waals surface area (Å²) in [5, 5.41) is 8.99. The Hall–Kier alpha value is -3.52. The third-order valence-corrected chi connectivity index (χ3v) is 6.02. The Bertz CT molecular complexity index is 1130. The zero-order valence-electron chi connectivity index (χ0n) is 17.0. The lowest BCUT2D eigenvalue weighted by Gasteiger charge is -2.20. The molecule has 0 fully saturated rings. The van der Waals surface area contributed by atoms with Crippen molar-refractivity contribution in [2.24, 2.45) is 0 Å². The van der Waals surface area contributed by atoms with Gasteiger partial charge in [-0.25, -0.2) is 4.98 Å². The number of carbonyl (C=O) groups is 3. The van der Waals surface area contributed by atoms with Crippen LogP contribution in [0.3, 0.4) is 0 Å². The SMILES string of the molecule is CC(=O)Nc1cccc(NC(=O)C2CCCc3sc(NC(=O)c4ccccc4)nc32)c1. The van der Waals surface area contributed by atoms with E-state index in [0.29, 0.717) is 28.5 Å². The molecule has 1 unspecified atom stereocenters. The van der Waals surface area contributed by atoms with Gasteiger partial charge in [-0.15, -0.1) is 11.3 Å². The molecule has 1 aliphatic rings. The van der Waals surface area contributed by atoms with Crippen LogP contribution in [0.4, 0.5) is 16.5 Å². The standard InChI is InChI=1S/C23H22N4O3S/c1-14(28)24-16-9-5-10-17(13-16)25-22(30)18-11-6-12-19-20(18)26-23(31-19)27-21(29)15-7-3-2-4-8-15/h2-5,7-10,13,18H,6,11-12H2,1H3,(H,24,28)(H,25,30)(H,26,27,29). The van der Waals surface area contributed by atoms with Gasteiger partial charge in [-0.3, -0.25) is 19.7 Å². The first-order valence-corrected chi connectivity index (χ1v) is 10.9. The lowest BCUT2D eigenvalue weighted by molar-refractivity contribution is -0.118. The van der Waals surface area contributed by atoms with Gasteiger partial charge in [0, 0.05) is 28.7 Å². The number of rotatable bonds is 5. The number of carbonyl (C=O) groups excluding carboxylic acids is 3. The molecule has 3 amide bonds. The van der Waals surface area contributed by atoms with E-state index in [4.69, 9.17) is 0 Å². The molecule has 0 saturated heterocycles.